The van der Waals surface area contributed by atoms with Crippen molar-refractivity contribution in [3.05, 3.63) is 48.8 Å². The molecular formula is C10H8N2PS+. The van der Waals surface area contributed by atoms with Crippen LogP contribution in [0.5, 0.6) is 0 Å². The van der Waals surface area contributed by atoms with Gasteiger partial charge in [-0.1, -0.05) is 12.1 Å². The molecule has 0 spiro atoms. The summed E-state index contributed by atoms with van der Waals surface area (Å²) in [6.07, 6.45) is 3.53. The highest BCUT2D eigenvalue weighted by molar-refractivity contribution is 8.11. The summed E-state index contributed by atoms with van der Waals surface area (Å²) in [6.45, 7) is -0.810. The van der Waals surface area contributed by atoms with Gasteiger partial charge in [0.15, 0.2) is 11.8 Å². The summed E-state index contributed by atoms with van der Waals surface area (Å²) in [5, 5.41) is 0. The number of nitrogens with zero attached hydrogens (tertiary/aromatic N) is 2. The molecule has 0 aliphatic carbocycles. The molecule has 0 saturated carbocycles. The minimum absolute atomic E-state index is 0.810. The van der Waals surface area contributed by atoms with Gasteiger partial charge in [0.05, 0.1) is 0 Å². The van der Waals surface area contributed by atoms with Gasteiger partial charge in [0.25, 0.3) is 17.6 Å². The molecule has 2 rings (SSSR count). The van der Waals surface area contributed by atoms with Gasteiger partial charge in [-0.25, -0.2) is 9.97 Å². The molecule has 0 N–H and O–H groups in total. The Kier molecular flexibility index (Phi) is 2.92. The summed E-state index contributed by atoms with van der Waals surface area (Å²) in [5.41, 5.74) is 1.88. The van der Waals surface area contributed by atoms with Crippen molar-refractivity contribution >= 4 is 29.4 Å². The quantitative estimate of drug-likeness (QED) is 0.713. The largest absolute Gasteiger partial charge is 0.290 e. The third kappa shape index (κ3) is 2.00. The van der Waals surface area contributed by atoms with Crippen LogP contribution in [0.1, 0.15) is 0 Å². The van der Waals surface area contributed by atoms with Gasteiger partial charge in [0, 0.05) is 24.5 Å². The highest BCUT2D eigenvalue weighted by atomic mass is 32.4. The van der Waals surface area contributed by atoms with Crippen LogP contribution in [0.25, 0.3) is 0 Å². The van der Waals surface area contributed by atoms with Gasteiger partial charge in [0.1, 0.15) is 0 Å². The smallest absolute Gasteiger partial charge is 0.214 e. The molecule has 2 heterocycles. The van der Waals surface area contributed by atoms with Crippen molar-refractivity contribution in [3.63, 3.8) is 0 Å². The molecule has 2 aromatic heterocycles. The first-order valence-corrected chi connectivity index (χ1v) is 6.53. The van der Waals surface area contributed by atoms with E-state index in [1.54, 1.807) is 12.4 Å². The molecule has 0 radical (unpaired) electrons. The number of hydrogen-bond acceptors (Lipinski definition) is 3. The Bertz CT molecular complexity index is 389. The summed E-state index contributed by atoms with van der Waals surface area (Å²) in [5.74, 6) is 0. The fourth-order valence-electron chi connectivity index (χ4n) is 1.07. The van der Waals surface area contributed by atoms with Crippen molar-refractivity contribution in [3.8, 4) is 0 Å². The van der Waals surface area contributed by atoms with Gasteiger partial charge < -0.3 is 0 Å². The fourth-order valence-corrected chi connectivity index (χ4v) is 2.73. The molecule has 0 aromatic carbocycles. The van der Waals surface area contributed by atoms with Crippen molar-refractivity contribution in [1.29, 1.82) is 0 Å². The lowest BCUT2D eigenvalue weighted by molar-refractivity contribution is 1.38. The molecule has 68 valence electrons. The minimum atomic E-state index is -0.810. The van der Waals surface area contributed by atoms with Crippen LogP contribution in [0.3, 0.4) is 0 Å². The van der Waals surface area contributed by atoms with Gasteiger partial charge in [-0.05, 0) is 12.1 Å². The zero-order valence-corrected chi connectivity index (χ0v) is 9.08. The van der Waals surface area contributed by atoms with Crippen molar-refractivity contribution in [1.82, 2.24) is 9.97 Å². The van der Waals surface area contributed by atoms with E-state index in [-0.39, 0.29) is 0 Å². The Morgan fingerprint density at radius 3 is 1.71 bits per heavy atom. The lowest BCUT2D eigenvalue weighted by atomic mass is 10.5. The molecule has 0 fully saturated rings. The van der Waals surface area contributed by atoms with Gasteiger partial charge in [-0.3, -0.25) is 0 Å². The monoisotopic (exact) mass is 219 g/mol. The van der Waals surface area contributed by atoms with Crippen molar-refractivity contribution in [2.75, 3.05) is 0 Å². The molecule has 0 aliphatic rings. The van der Waals surface area contributed by atoms with Gasteiger partial charge >= 0.3 is 0 Å². The summed E-state index contributed by atoms with van der Waals surface area (Å²) >= 11 is 5.41. The van der Waals surface area contributed by atoms with Crippen LogP contribution in [0.2, 0.25) is 0 Å². The minimum Gasteiger partial charge on any atom is -0.214 e. The van der Waals surface area contributed by atoms with E-state index in [0.29, 0.717) is 0 Å². The SMILES string of the molecule is S=[P+](c1ccccn1)c1ccccn1. The highest BCUT2D eigenvalue weighted by Gasteiger charge is 2.19. The second-order valence-electron chi connectivity index (χ2n) is 2.67. The molecule has 0 amide bonds. The van der Waals surface area contributed by atoms with Gasteiger partial charge in [-0.2, -0.15) is 0 Å². The molecular weight excluding hydrogens is 211 g/mol. The Balaban J connectivity index is 2.35. The van der Waals surface area contributed by atoms with E-state index in [1.807, 2.05) is 36.4 Å². The van der Waals surface area contributed by atoms with Crippen LogP contribution in [0.15, 0.2) is 48.8 Å². The topological polar surface area (TPSA) is 25.8 Å². The maximum atomic E-state index is 5.41. The van der Waals surface area contributed by atoms with Crippen molar-refractivity contribution < 1.29 is 0 Å². The molecule has 0 atom stereocenters. The first-order valence-electron chi connectivity index (χ1n) is 4.17. The lowest BCUT2D eigenvalue weighted by Gasteiger charge is -1.89. The predicted molar refractivity (Wildman–Crippen MR) is 62.0 cm³/mol. The van der Waals surface area contributed by atoms with E-state index in [1.165, 1.54) is 0 Å². The molecule has 4 heteroatoms. The van der Waals surface area contributed by atoms with Gasteiger partial charge in [-0.15, -0.1) is 0 Å². The van der Waals surface area contributed by atoms with Crippen LogP contribution in [0, 0.1) is 0 Å². The molecule has 2 aromatic rings. The number of aromatic nitrogens is 2. The number of pyridine rings is 2. The summed E-state index contributed by atoms with van der Waals surface area (Å²) in [4.78, 5) is 8.48. The Labute approximate surface area is 88.5 Å². The van der Waals surface area contributed by atoms with Crippen LogP contribution in [-0.4, -0.2) is 9.97 Å². The zero-order chi connectivity index (χ0) is 9.80. The summed E-state index contributed by atoms with van der Waals surface area (Å²) in [6, 6.07) is 11.6. The first-order chi connectivity index (χ1) is 6.88. The van der Waals surface area contributed by atoms with E-state index in [4.69, 9.17) is 11.8 Å². The Hall–Kier alpha value is -1.18. The maximum absolute atomic E-state index is 5.41. The van der Waals surface area contributed by atoms with Crippen LogP contribution in [0.4, 0.5) is 0 Å². The van der Waals surface area contributed by atoms with E-state index in [2.05, 4.69) is 9.97 Å². The Morgan fingerprint density at radius 1 is 0.857 bits per heavy atom. The summed E-state index contributed by atoms with van der Waals surface area (Å²) in [7, 11) is 0. The molecule has 0 unspecified atom stereocenters. The Morgan fingerprint density at radius 2 is 1.36 bits per heavy atom. The standard InChI is InChI=1S/C10H8N2PS/c14-13(9-5-1-3-7-11-9)10-6-2-4-8-12-10/h1-8H/q+1. The molecule has 0 saturated heterocycles. The number of hydrogen-bond donors (Lipinski definition) is 0. The van der Waals surface area contributed by atoms with E-state index < -0.39 is 6.70 Å². The van der Waals surface area contributed by atoms with Gasteiger partial charge in [0.2, 0.25) is 0 Å². The normalized spacial score (nSPS) is 9.71. The van der Waals surface area contributed by atoms with E-state index in [9.17, 15) is 0 Å². The third-order valence-electron chi connectivity index (χ3n) is 1.71. The third-order valence-corrected chi connectivity index (χ3v) is 4.20. The second-order valence-corrected chi connectivity index (χ2v) is 5.27. The molecule has 2 nitrogen and oxygen atoms in total. The molecule has 14 heavy (non-hydrogen) atoms. The lowest BCUT2D eigenvalue weighted by Crippen LogP contribution is -2.11. The molecule has 0 bridgehead atoms. The number of rotatable bonds is 2. The van der Waals surface area contributed by atoms with Crippen molar-refractivity contribution in [2.45, 2.75) is 0 Å². The van der Waals surface area contributed by atoms with Crippen molar-refractivity contribution in [2.24, 2.45) is 0 Å². The van der Waals surface area contributed by atoms with Crippen LogP contribution >= 0.6 is 6.70 Å². The fraction of sp³-hybridized carbons (Fsp3) is 0. The first kappa shape index (κ1) is 9.38. The average Bonchev–Trinajstić information content (AvgIpc) is 2.30. The highest BCUT2D eigenvalue weighted by Crippen LogP contribution is 2.15. The molecule has 0 aliphatic heterocycles. The van der Waals surface area contributed by atoms with Crippen LogP contribution in [-0.2, 0) is 11.8 Å². The maximum Gasteiger partial charge on any atom is 0.290 e. The average molecular weight is 219 g/mol. The van der Waals surface area contributed by atoms with E-state index in [0.717, 1.165) is 10.9 Å². The van der Waals surface area contributed by atoms with Crippen LogP contribution < -0.4 is 10.9 Å². The second kappa shape index (κ2) is 4.36. The predicted octanol–water partition coefficient (Wildman–Crippen LogP) is 1.37. The van der Waals surface area contributed by atoms with E-state index >= 15 is 0 Å². The summed E-state index contributed by atoms with van der Waals surface area (Å²) < 4.78 is 0. The zero-order valence-electron chi connectivity index (χ0n) is 7.37.